The van der Waals surface area contributed by atoms with Crippen LogP contribution in [0.4, 0.5) is 0 Å². The van der Waals surface area contributed by atoms with Gasteiger partial charge in [0.15, 0.2) is 0 Å². The molecule has 1 aromatic heterocycles. The number of thiazole rings is 1. The second-order valence-electron chi connectivity index (χ2n) is 7.18. The first-order chi connectivity index (χ1) is 12.2. The predicted molar refractivity (Wildman–Crippen MR) is 97.5 cm³/mol. The van der Waals surface area contributed by atoms with Crippen molar-refractivity contribution in [1.29, 1.82) is 0 Å². The molecule has 5 heteroatoms. The molecule has 132 valence electrons. The predicted octanol–water partition coefficient (Wildman–Crippen LogP) is 4.69. The van der Waals surface area contributed by atoms with Crippen LogP contribution in [0.1, 0.15) is 37.8 Å². The molecule has 4 rings (SSSR count). The van der Waals surface area contributed by atoms with E-state index in [1.165, 1.54) is 25.7 Å². The number of carbonyl (C=O) groups excluding carboxylic acids is 1. The van der Waals surface area contributed by atoms with Crippen LogP contribution >= 0.6 is 11.3 Å². The Hall–Kier alpha value is -1.88. The zero-order valence-corrected chi connectivity index (χ0v) is 15.3. The number of carbonyl (C=O) groups is 1. The molecule has 25 heavy (non-hydrogen) atoms. The standard InChI is InChI=1S/C20H23NO3S/c1-23-18-4-2-3-15(9-18)20-21-17(12-25-20)11-24-19(22)10-16-8-13-5-6-14(16)7-13/h2-4,9,12-14,16H,5-8,10-11H2,1H3/t13-,14-,16-/m1/s1. The monoisotopic (exact) mass is 357 g/mol. The Morgan fingerprint density at radius 1 is 1.32 bits per heavy atom. The number of nitrogens with zero attached hydrogens (tertiary/aromatic N) is 1. The zero-order chi connectivity index (χ0) is 17.2. The minimum Gasteiger partial charge on any atom is -0.497 e. The van der Waals surface area contributed by atoms with Gasteiger partial charge in [-0.1, -0.05) is 18.6 Å². The van der Waals surface area contributed by atoms with E-state index >= 15 is 0 Å². The largest absolute Gasteiger partial charge is 0.497 e. The molecule has 2 fully saturated rings. The highest BCUT2D eigenvalue weighted by atomic mass is 32.1. The summed E-state index contributed by atoms with van der Waals surface area (Å²) in [4.78, 5) is 16.7. The lowest BCUT2D eigenvalue weighted by Crippen LogP contribution is -2.17. The molecule has 0 unspecified atom stereocenters. The second-order valence-corrected chi connectivity index (χ2v) is 8.03. The van der Waals surface area contributed by atoms with Gasteiger partial charge < -0.3 is 9.47 Å². The summed E-state index contributed by atoms with van der Waals surface area (Å²) in [6, 6.07) is 7.83. The number of aromatic nitrogens is 1. The van der Waals surface area contributed by atoms with Gasteiger partial charge in [0.1, 0.15) is 17.4 Å². The van der Waals surface area contributed by atoms with E-state index in [9.17, 15) is 4.79 Å². The molecule has 3 atom stereocenters. The first kappa shape index (κ1) is 16.6. The Morgan fingerprint density at radius 3 is 3.00 bits per heavy atom. The van der Waals surface area contributed by atoms with E-state index in [-0.39, 0.29) is 12.6 Å². The molecule has 0 aliphatic heterocycles. The van der Waals surface area contributed by atoms with Gasteiger partial charge in [0.25, 0.3) is 0 Å². The lowest BCUT2D eigenvalue weighted by Gasteiger charge is -2.20. The average Bonchev–Trinajstić information content (AvgIpc) is 3.37. The van der Waals surface area contributed by atoms with Gasteiger partial charge in [-0.15, -0.1) is 11.3 Å². The van der Waals surface area contributed by atoms with Crippen LogP contribution in [0.5, 0.6) is 5.75 Å². The minimum atomic E-state index is -0.0755. The third-order valence-electron chi connectivity index (χ3n) is 5.56. The van der Waals surface area contributed by atoms with E-state index in [0.29, 0.717) is 12.3 Å². The highest BCUT2D eigenvalue weighted by molar-refractivity contribution is 7.13. The molecule has 0 N–H and O–H groups in total. The van der Waals surface area contributed by atoms with Gasteiger partial charge in [0.05, 0.1) is 12.8 Å². The van der Waals surface area contributed by atoms with Crippen molar-refractivity contribution in [1.82, 2.24) is 4.98 Å². The van der Waals surface area contributed by atoms with Gasteiger partial charge >= 0.3 is 5.97 Å². The number of hydrogen-bond donors (Lipinski definition) is 0. The maximum atomic E-state index is 12.1. The molecule has 1 heterocycles. The maximum Gasteiger partial charge on any atom is 0.306 e. The normalized spacial score (nSPS) is 24.4. The zero-order valence-electron chi connectivity index (χ0n) is 14.4. The van der Waals surface area contributed by atoms with Gasteiger partial charge in [-0.3, -0.25) is 4.79 Å². The molecule has 4 nitrogen and oxygen atoms in total. The van der Waals surface area contributed by atoms with Crippen LogP contribution in [0, 0.1) is 17.8 Å². The van der Waals surface area contributed by atoms with Crippen LogP contribution in [0.2, 0.25) is 0 Å². The van der Waals surface area contributed by atoms with Gasteiger partial charge in [0.2, 0.25) is 0 Å². The van der Waals surface area contributed by atoms with Crippen LogP contribution in [0.25, 0.3) is 10.6 Å². The molecule has 2 aliphatic carbocycles. The Bertz CT molecular complexity index is 757. The smallest absolute Gasteiger partial charge is 0.306 e. The maximum absolute atomic E-state index is 12.1. The lowest BCUT2D eigenvalue weighted by atomic mass is 9.86. The van der Waals surface area contributed by atoms with E-state index in [1.807, 2.05) is 29.6 Å². The average molecular weight is 357 g/mol. The van der Waals surface area contributed by atoms with Crippen molar-refractivity contribution in [2.45, 2.75) is 38.7 Å². The summed E-state index contributed by atoms with van der Waals surface area (Å²) in [7, 11) is 1.65. The summed E-state index contributed by atoms with van der Waals surface area (Å²) in [5.41, 5.74) is 1.83. The number of esters is 1. The highest BCUT2D eigenvalue weighted by Crippen LogP contribution is 2.49. The van der Waals surface area contributed by atoms with Crippen LogP contribution < -0.4 is 4.74 Å². The quantitative estimate of drug-likeness (QED) is 0.704. The topological polar surface area (TPSA) is 48.4 Å². The number of methoxy groups -OCH3 is 1. The van der Waals surface area contributed by atoms with E-state index in [0.717, 1.165) is 33.9 Å². The van der Waals surface area contributed by atoms with Crippen LogP contribution in [-0.4, -0.2) is 18.1 Å². The van der Waals surface area contributed by atoms with Crippen LogP contribution in [0.3, 0.4) is 0 Å². The van der Waals surface area contributed by atoms with Gasteiger partial charge in [-0.2, -0.15) is 0 Å². The van der Waals surface area contributed by atoms with Gasteiger partial charge in [-0.05, 0) is 49.1 Å². The third-order valence-corrected chi connectivity index (χ3v) is 6.50. The third kappa shape index (κ3) is 3.71. The molecule has 2 bridgehead atoms. The Kier molecular flexibility index (Phi) is 4.75. The van der Waals surface area contributed by atoms with Crippen LogP contribution in [0.15, 0.2) is 29.6 Å². The van der Waals surface area contributed by atoms with Gasteiger partial charge in [-0.25, -0.2) is 4.98 Å². The van der Waals surface area contributed by atoms with E-state index in [1.54, 1.807) is 18.4 Å². The molecular weight excluding hydrogens is 334 g/mol. The van der Waals surface area contributed by atoms with Crippen molar-refractivity contribution < 1.29 is 14.3 Å². The number of ether oxygens (including phenoxy) is 2. The molecule has 0 spiro atoms. The summed E-state index contributed by atoms with van der Waals surface area (Å²) in [5.74, 6) is 2.91. The molecule has 2 aliphatic rings. The Morgan fingerprint density at radius 2 is 2.24 bits per heavy atom. The molecule has 2 aromatic rings. The van der Waals surface area contributed by atoms with E-state index in [2.05, 4.69) is 4.98 Å². The van der Waals surface area contributed by atoms with Crippen molar-refractivity contribution >= 4 is 17.3 Å². The van der Waals surface area contributed by atoms with Gasteiger partial charge in [0, 0.05) is 17.4 Å². The fourth-order valence-electron chi connectivity index (χ4n) is 4.32. The fourth-order valence-corrected chi connectivity index (χ4v) is 5.12. The van der Waals surface area contributed by atoms with Crippen molar-refractivity contribution in [2.24, 2.45) is 17.8 Å². The van der Waals surface area contributed by atoms with Crippen LogP contribution in [-0.2, 0) is 16.1 Å². The minimum absolute atomic E-state index is 0.0755. The van der Waals surface area contributed by atoms with E-state index in [4.69, 9.17) is 9.47 Å². The van der Waals surface area contributed by atoms with Crippen molar-refractivity contribution in [3.63, 3.8) is 0 Å². The summed E-state index contributed by atoms with van der Waals surface area (Å²) in [6.07, 6.45) is 5.79. The molecule has 2 saturated carbocycles. The SMILES string of the molecule is COc1cccc(-c2nc(COC(=O)C[C@H]3C[C@@H]4CC[C@@H]3C4)cs2)c1. The second kappa shape index (κ2) is 7.16. The summed E-state index contributed by atoms with van der Waals surface area (Å²) < 4.78 is 10.7. The Labute approximate surface area is 152 Å². The molecule has 0 amide bonds. The lowest BCUT2D eigenvalue weighted by molar-refractivity contribution is -0.146. The molecule has 1 aromatic carbocycles. The summed E-state index contributed by atoms with van der Waals surface area (Å²) >= 11 is 1.56. The highest BCUT2D eigenvalue weighted by Gasteiger charge is 2.40. The van der Waals surface area contributed by atoms with Crippen molar-refractivity contribution in [2.75, 3.05) is 7.11 Å². The molecule has 0 radical (unpaired) electrons. The fraction of sp³-hybridized carbons (Fsp3) is 0.500. The molecule has 0 saturated heterocycles. The first-order valence-electron chi connectivity index (χ1n) is 8.95. The summed E-state index contributed by atoms with van der Waals surface area (Å²) in [6.45, 7) is 0.264. The first-order valence-corrected chi connectivity index (χ1v) is 9.83. The van der Waals surface area contributed by atoms with Crippen molar-refractivity contribution in [3.05, 3.63) is 35.3 Å². The van der Waals surface area contributed by atoms with E-state index < -0.39 is 0 Å². The number of rotatable bonds is 6. The number of benzene rings is 1. The summed E-state index contributed by atoms with van der Waals surface area (Å²) in [5, 5.41) is 2.87. The molecular formula is C20H23NO3S. The Balaban J connectivity index is 1.31. The number of hydrogen-bond acceptors (Lipinski definition) is 5. The number of fused-ring (bicyclic) bond motifs is 2. The van der Waals surface area contributed by atoms with Crippen molar-refractivity contribution in [3.8, 4) is 16.3 Å².